The van der Waals surface area contributed by atoms with Crippen LogP contribution >= 0.6 is 0 Å². The second kappa shape index (κ2) is 9.69. The second-order valence-electron chi connectivity index (χ2n) is 8.43. The fraction of sp³-hybridized carbons (Fsp3) is 0.222. The first-order valence-electron chi connectivity index (χ1n) is 10.9. The van der Waals surface area contributed by atoms with Crippen molar-refractivity contribution in [1.29, 1.82) is 0 Å². The Bertz CT molecular complexity index is 1160. The van der Waals surface area contributed by atoms with Crippen LogP contribution in [-0.4, -0.2) is 33.3 Å². The summed E-state index contributed by atoms with van der Waals surface area (Å²) in [5, 5.41) is 11.2. The molecule has 6 nitrogen and oxygen atoms in total. The standard InChI is InChI=1S/C27H26N2O4/c1-18(2)17-33-22-12-10-21(11-13-22)25(30)23-24(20-8-4-3-5-9-20)29(27(32)26(23)31)16-19-7-6-14-28-15-19/h3-15,18,24,30H,16-17H2,1-2H3/b25-23+/t24-/m1/s1. The van der Waals surface area contributed by atoms with E-state index in [1.807, 2.05) is 36.4 Å². The summed E-state index contributed by atoms with van der Waals surface area (Å²) in [7, 11) is 0. The molecule has 3 aromatic rings. The molecule has 0 aliphatic carbocycles. The molecule has 2 heterocycles. The molecule has 2 aromatic carbocycles. The number of hydrogen-bond acceptors (Lipinski definition) is 5. The Morgan fingerprint density at radius 3 is 2.39 bits per heavy atom. The van der Waals surface area contributed by atoms with E-state index in [4.69, 9.17) is 4.74 Å². The van der Waals surface area contributed by atoms with Gasteiger partial charge in [0, 0.05) is 24.5 Å². The first-order chi connectivity index (χ1) is 16.0. The number of aliphatic hydroxyl groups is 1. The Kier molecular flexibility index (Phi) is 6.54. The molecule has 1 amide bonds. The van der Waals surface area contributed by atoms with Gasteiger partial charge < -0.3 is 14.7 Å². The molecular formula is C27H26N2O4. The molecule has 1 aliphatic rings. The smallest absolute Gasteiger partial charge is 0.295 e. The molecule has 0 saturated carbocycles. The normalized spacial score (nSPS) is 17.5. The summed E-state index contributed by atoms with van der Waals surface area (Å²) >= 11 is 0. The van der Waals surface area contributed by atoms with Crippen LogP contribution in [0.15, 0.2) is 84.7 Å². The molecule has 1 aromatic heterocycles. The molecule has 1 aliphatic heterocycles. The van der Waals surface area contributed by atoms with E-state index in [0.29, 0.717) is 23.8 Å². The van der Waals surface area contributed by atoms with Crippen molar-refractivity contribution < 1.29 is 19.4 Å². The van der Waals surface area contributed by atoms with Crippen LogP contribution in [0.25, 0.3) is 5.76 Å². The zero-order valence-corrected chi connectivity index (χ0v) is 18.6. The fourth-order valence-corrected chi connectivity index (χ4v) is 3.84. The molecule has 168 valence electrons. The van der Waals surface area contributed by atoms with Gasteiger partial charge in [-0.1, -0.05) is 50.2 Å². The van der Waals surface area contributed by atoms with Gasteiger partial charge in [0.2, 0.25) is 0 Å². The van der Waals surface area contributed by atoms with E-state index in [1.165, 1.54) is 4.90 Å². The molecule has 1 atom stereocenters. The summed E-state index contributed by atoms with van der Waals surface area (Å²) in [5.74, 6) is -0.487. The first-order valence-corrected chi connectivity index (χ1v) is 10.9. The van der Waals surface area contributed by atoms with Crippen molar-refractivity contribution in [3.8, 4) is 5.75 Å². The van der Waals surface area contributed by atoms with Crippen LogP contribution < -0.4 is 4.74 Å². The molecular weight excluding hydrogens is 416 g/mol. The third-order valence-corrected chi connectivity index (χ3v) is 5.44. The van der Waals surface area contributed by atoms with Crippen molar-refractivity contribution in [1.82, 2.24) is 9.88 Å². The molecule has 1 fully saturated rings. The Balaban J connectivity index is 1.74. The molecule has 4 rings (SSSR count). The van der Waals surface area contributed by atoms with Crippen molar-refractivity contribution in [3.05, 3.63) is 101 Å². The molecule has 0 bridgehead atoms. The molecule has 1 saturated heterocycles. The van der Waals surface area contributed by atoms with Crippen LogP contribution in [0.3, 0.4) is 0 Å². The number of benzene rings is 2. The SMILES string of the molecule is CC(C)COc1ccc(/C(O)=C2\C(=O)C(=O)N(Cc3cccnc3)[C@@H]2c2ccccc2)cc1. The third-order valence-electron chi connectivity index (χ3n) is 5.44. The minimum atomic E-state index is -0.705. The van der Waals surface area contributed by atoms with Gasteiger partial charge in [-0.3, -0.25) is 14.6 Å². The van der Waals surface area contributed by atoms with Crippen molar-refractivity contribution in [2.75, 3.05) is 6.61 Å². The summed E-state index contributed by atoms with van der Waals surface area (Å²) in [6.45, 7) is 4.91. The van der Waals surface area contributed by atoms with E-state index in [-0.39, 0.29) is 17.9 Å². The summed E-state index contributed by atoms with van der Waals surface area (Å²) in [4.78, 5) is 31.7. The van der Waals surface area contributed by atoms with E-state index in [0.717, 1.165) is 11.1 Å². The van der Waals surface area contributed by atoms with Gasteiger partial charge in [0.15, 0.2) is 0 Å². The highest BCUT2D eigenvalue weighted by atomic mass is 16.5. The Hall–Kier alpha value is -3.93. The van der Waals surface area contributed by atoms with Gasteiger partial charge in [-0.15, -0.1) is 0 Å². The number of hydrogen-bond donors (Lipinski definition) is 1. The Morgan fingerprint density at radius 2 is 1.76 bits per heavy atom. The summed E-state index contributed by atoms with van der Waals surface area (Å²) < 4.78 is 5.71. The van der Waals surface area contributed by atoms with E-state index in [1.54, 1.807) is 42.7 Å². The van der Waals surface area contributed by atoms with Crippen molar-refractivity contribution in [3.63, 3.8) is 0 Å². The lowest BCUT2D eigenvalue weighted by molar-refractivity contribution is -0.140. The maximum atomic E-state index is 13.1. The maximum Gasteiger partial charge on any atom is 0.295 e. The monoisotopic (exact) mass is 442 g/mol. The number of carbonyl (C=O) groups is 2. The van der Waals surface area contributed by atoms with Gasteiger partial charge in [-0.25, -0.2) is 0 Å². The second-order valence-corrected chi connectivity index (χ2v) is 8.43. The Morgan fingerprint density at radius 1 is 1.03 bits per heavy atom. The number of rotatable bonds is 7. The van der Waals surface area contributed by atoms with Crippen LogP contribution in [0.2, 0.25) is 0 Å². The number of carbonyl (C=O) groups excluding carboxylic acids is 2. The highest BCUT2D eigenvalue weighted by molar-refractivity contribution is 6.46. The van der Waals surface area contributed by atoms with Crippen molar-refractivity contribution in [2.45, 2.75) is 26.4 Å². The van der Waals surface area contributed by atoms with Crippen molar-refractivity contribution >= 4 is 17.4 Å². The van der Waals surface area contributed by atoms with Gasteiger partial charge in [0.25, 0.3) is 11.7 Å². The molecule has 0 spiro atoms. The average Bonchev–Trinajstić information content (AvgIpc) is 3.09. The summed E-state index contributed by atoms with van der Waals surface area (Å²) in [5.41, 5.74) is 2.07. The summed E-state index contributed by atoms with van der Waals surface area (Å²) in [6.07, 6.45) is 3.32. The van der Waals surface area contributed by atoms with Gasteiger partial charge in [0.1, 0.15) is 11.5 Å². The Labute approximate surface area is 193 Å². The zero-order chi connectivity index (χ0) is 23.4. The first kappa shape index (κ1) is 22.3. The minimum Gasteiger partial charge on any atom is -0.507 e. The van der Waals surface area contributed by atoms with E-state index >= 15 is 0 Å². The number of pyridine rings is 1. The molecule has 0 unspecified atom stereocenters. The number of aliphatic hydroxyl groups excluding tert-OH is 1. The van der Waals surface area contributed by atoms with Gasteiger partial charge in [0.05, 0.1) is 18.2 Å². The number of ketones is 1. The zero-order valence-electron chi connectivity index (χ0n) is 18.6. The van der Waals surface area contributed by atoms with Crippen molar-refractivity contribution in [2.24, 2.45) is 5.92 Å². The summed E-state index contributed by atoms with van der Waals surface area (Å²) in [6, 6.07) is 19.1. The number of Topliss-reactive ketones (excluding diaryl/α,β-unsaturated/α-hetero) is 1. The quantitative estimate of drug-likeness (QED) is 0.325. The molecule has 33 heavy (non-hydrogen) atoms. The third kappa shape index (κ3) is 4.80. The number of likely N-dealkylation sites (tertiary alicyclic amines) is 1. The number of ether oxygens (including phenoxy) is 1. The van der Waals surface area contributed by atoms with Crippen LogP contribution in [0.1, 0.15) is 36.6 Å². The van der Waals surface area contributed by atoms with Gasteiger partial charge >= 0.3 is 0 Å². The largest absolute Gasteiger partial charge is 0.507 e. The van der Waals surface area contributed by atoms with Gasteiger partial charge in [-0.05, 0) is 47.4 Å². The minimum absolute atomic E-state index is 0.0749. The maximum absolute atomic E-state index is 13.1. The molecule has 1 N–H and O–H groups in total. The average molecular weight is 443 g/mol. The van der Waals surface area contributed by atoms with Gasteiger partial charge in [-0.2, -0.15) is 0 Å². The highest BCUT2D eigenvalue weighted by Crippen LogP contribution is 2.40. The molecule has 0 radical (unpaired) electrons. The lowest BCUT2D eigenvalue weighted by atomic mass is 9.95. The van der Waals surface area contributed by atoms with E-state index in [9.17, 15) is 14.7 Å². The van der Waals surface area contributed by atoms with Crippen LogP contribution in [-0.2, 0) is 16.1 Å². The topological polar surface area (TPSA) is 79.7 Å². The number of nitrogens with zero attached hydrogens (tertiary/aromatic N) is 2. The van der Waals surface area contributed by atoms with Crippen LogP contribution in [0.5, 0.6) is 5.75 Å². The molecule has 6 heteroatoms. The predicted octanol–water partition coefficient (Wildman–Crippen LogP) is 4.74. The fourth-order valence-electron chi connectivity index (χ4n) is 3.84. The number of amides is 1. The number of aromatic nitrogens is 1. The lowest BCUT2D eigenvalue weighted by Gasteiger charge is -2.25. The van der Waals surface area contributed by atoms with Crippen LogP contribution in [0, 0.1) is 5.92 Å². The highest BCUT2D eigenvalue weighted by Gasteiger charge is 2.46. The van der Waals surface area contributed by atoms with E-state index in [2.05, 4.69) is 18.8 Å². The predicted molar refractivity (Wildman–Crippen MR) is 125 cm³/mol. The lowest BCUT2D eigenvalue weighted by Crippen LogP contribution is -2.29. The van der Waals surface area contributed by atoms with Crippen LogP contribution in [0.4, 0.5) is 0 Å². The van der Waals surface area contributed by atoms with E-state index < -0.39 is 17.7 Å².